The molecule has 0 saturated heterocycles. The number of rotatable bonds is 3. The van der Waals surface area contributed by atoms with Crippen molar-refractivity contribution in [3.8, 4) is 0 Å². The summed E-state index contributed by atoms with van der Waals surface area (Å²) in [6.45, 7) is 0.564. The Kier molecular flexibility index (Phi) is 3.48. The fourth-order valence-corrected chi connectivity index (χ4v) is 3.38. The van der Waals surface area contributed by atoms with Crippen LogP contribution in [0, 0.1) is 0 Å². The Bertz CT molecular complexity index is 655. The molecule has 0 atom stereocenters. The minimum atomic E-state index is -0.167. The van der Waals surface area contributed by atoms with E-state index < -0.39 is 0 Å². The molecule has 3 nitrogen and oxygen atoms in total. The number of hydrogen-bond acceptors (Lipinski definition) is 3. The number of anilines is 1. The van der Waals surface area contributed by atoms with E-state index in [2.05, 4.69) is 16.7 Å². The summed E-state index contributed by atoms with van der Waals surface area (Å²) in [7, 11) is 0. The maximum atomic E-state index is 11.8. The number of hydrogen-bond donors (Lipinski definition) is 2. The van der Waals surface area contributed by atoms with Crippen molar-refractivity contribution < 1.29 is 4.79 Å². The second-order valence-electron chi connectivity index (χ2n) is 4.04. The van der Waals surface area contributed by atoms with E-state index in [-0.39, 0.29) is 6.03 Å². The Morgan fingerprint density at radius 3 is 2.84 bits per heavy atom. The van der Waals surface area contributed by atoms with E-state index in [4.69, 9.17) is 0 Å². The van der Waals surface area contributed by atoms with E-state index in [1.807, 2.05) is 41.8 Å². The zero-order valence-electron chi connectivity index (χ0n) is 10.1. The van der Waals surface area contributed by atoms with Crippen molar-refractivity contribution in [2.24, 2.45) is 0 Å². The van der Waals surface area contributed by atoms with Crippen molar-refractivity contribution in [3.63, 3.8) is 0 Å². The minimum absolute atomic E-state index is 0.167. The molecule has 2 N–H and O–H groups in total. The normalized spacial score (nSPS) is 10.5. The molecule has 2 aromatic heterocycles. The lowest BCUT2D eigenvalue weighted by molar-refractivity contribution is 0.252. The first-order valence-corrected chi connectivity index (χ1v) is 7.57. The smallest absolute Gasteiger partial charge is 0.320 e. The lowest BCUT2D eigenvalue weighted by Gasteiger charge is -2.03. The van der Waals surface area contributed by atoms with Gasteiger partial charge in [-0.2, -0.15) is 0 Å². The van der Waals surface area contributed by atoms with Gasteiger partial charge in [0, 0.05) is 9.58 Å². The maximum absolute atomic E-state index is 11.8. The molecule has 5 heteroatoms. The molecule has 0 fully saturated rings. The summed E-state index contributed by atoms with van der Waals surface area (Å²) in [6.07, 6.45) is 0. The van der Waals surface area contributed by atoms with Gasteiger partial charge in [0.05, 0.1) is 11.5 Å². The zero-order valence-corrected chi connectivity index (χ0v) is 11.7. The molecular formula is C14H12N2OS2. The molecule has 0 aliphatic heterocycles. The largest absolute Gasteiger partial charge is 0.333 e. The van der Waals surface area contributed by atoms with Gasteiger partial charge in [-0.15, -0.1) is 22.7 Å². The number of fused-ring (bicyclic) bond motifs is 1. The fraction of sp³-hybridized carbons (Fsp3) is 0.0714. The third-order valence-electron chi connectivity index (χ3n) is 2.67. The van der Waals surface area contributed by atoms with Crippen molar-refractivity contribution in [1.29, 1.82) is 0 Å². The zero-order chi connectivity index (χ0) is 13.1. The highest BCUT2D eigenvalue weighted by atomic mass is 32.1. The molecule has 3 aromatic rings. The Morgan fingerprint density at radius 1 is 1.16 bits per heavy atom. The topological polar surface area (TPSA) is 41.1 Å². The molecule has 96 valence electrons. The van der Waals surface area contributed by atoms with Crippen LogP contribution in [0.15, 0.2) is 47.8 Å². The van der Waals surface area contributed by atoms with Gasteiger partial charge in [0.15, 0.2) is 0 Å². The van der Waals surface area contributed by atoms with Crippen LogP contribution < -0.4 is 10.6 Å². The summed E-state index contributed by atoms with van der Waals surface area (Å²) in [5.74, 6) is 0. The van der Waals surface area contributed by atoms with Gasteiger partial charge in [0.25, 0.3) is 0 Å². The van der Waals surface area contributed by atoms with E-state index in [9.17, 15) is 4.79 Å². The molecule has 0 radical (unpaired) electrons. The van der Waals surface area contributed by atoms with E-state index in [1.165, 1.54) is 4.70 Å². The van der Waals surface area contributed by atoms with E-state index in [1.54, 1.807) is 22.7 Å². The molecule has 0 spiro atoms. The first-order chi connectivity index (χ1) is 9.31. The summed E-state index contributed by atoms with van der Waals surface area (Å²) in [5.41, 5.74) is 0. The Labute approximate surface area is 118 Å². The van der Waals surface area contributed by atoms with Crippen LogP contribution in [0.2, 0.25) is 0 Å². The predicted octanol–water partition coefficient (Wildman–Crippen LogP) is 4.28. The van der Waals surface area contributed by atoms with Crippen LogP contribution in [0.4, 0.5) is 9.80 Å². The van der Waals surface area contributed by atoms with Gasteiger partial charge >= 0.3 is 6.03 Å². The van der Waals surface area contributed by atoms with Gasteiger partial charge in [-0.3, -0.25) is 5.32 Å². The standard InChI is InChI=1S/C14H12N2OS2/c17-14(15-9-11-5-3-7-18-11)16-13-8-10-4-1-2-6-12(10)19-13/h1-8H,9H2,(H2,15,16,17). The van der Waals surface area contributed by atoms with Crippen LogP contribution in [0.25, 0.3) is 10.1 Å². The van der Waals surface area contributed by atoms with Crippen LogP contribution in [-0.2, 0) is 6.54 Å². The molecule has 2 amide bonds. The molecule has 2 heterocycles. The van der Waals surface area contributed by atoms with Crippen molar-refractivity contribution >= 4 is 43.8 Å². The molecule has 0 bridgehead atoms. The molecule has 19 heavy (non-hydrogen) atoms. The third kappa shape index (κ3) is 2.94. The molecule has 0 aliphatic rings. The average molecular weight is 288 g/mol. The van der Waals surface area contributed by atoms with Crippen LogP contribution >= 0.6 is 22.7 Å². The predicted molar refractivity (Wildman–Crippen MR) is 82.0 cm³/mol. The molecule has 3 rings (SSSR count). The van der Waals surface area contributed by atoms with Gasteiger partial charge in [-0.05, 0) is 29.0 Å². The number of urea groups is 1. The number of thiophene rings is 2. The first-order valence-electron chi connectivity index (χ1n) is 5.87. The summed E-state index contributed by atoms with van der Waals surface area (Å²) in [4.78, 5) is 12.9. The number of amides is 2. The Balaban J connectivity index is 1.62. The summed E-state index contributed by atoms with van der Waals surface area (Å²) < 4.78 is 1.18. The highest BCUT2D eigenvalue weighted by Gasteiger charge is 2.05. The van der Waals surface area contributed by atoms with Crippen molar-refractivity contribution in [3.05, 3.63) is 52.7 Å². The Hall–Kier alpha value is -1.85. The quantitative estimate of drug-likeness (QED) is 0.742. The van der Waals surface area contributed by atoms with E-state index in [0.29, 0.717) is 6.54 Å². The Morgan fingerprint density at radius 2 is 2.05 bits per heavy atom. The van der Waals surface area contributed by atoms with Gasteiger partial charge in [0.1, 0.15) is 0 Å². The SMILES string of the molecule is O=C(NCc1cccs1)Nc1cc2ccccc2s1. The number of benzene rings is 1. The van der Waals surface area contributed by atoms with Gasteiger partial charge < -0.3 is 5.32 Å². The number of carbonyl (C=O) groups is 1. The average Bonchev–Trinajstić information content (AvgIpc) is 3.04. The fourth-order valence-electron chi connectivity index (χ4n) is 1.78. The number of nitrogens with one attached hydrogen (secondary N) is 2. The van der Waals surface area contributed by atoms with Crippen LogP contribution in [-0.4, -0.2) is 6.03 Å². The van der Waals surface area contributed by atoms with Crippen LogP contribution in [0.1, 0.15) is 4.88 Å². The van der Waals surface area contributed by atoms with Crippen LogP contribution in [0.3, 0.4) is 0 Å². The molecule has 0 unspecified atom stereocenters. The maximum Gasteiger partial charge on any atom is 0.320 e. The highest BCUT2D eigenvalue weighted by Crippen LogP contribution is 2.29. The minimum Gasteiger partial charge on any atom is -0.333 e. The molecule has 0 aliphatic carbocycles. The molecule has 1 aromatic carbocycles. The molecule has 0 saturated carbocycles. The van der Waals surface area contributed by atoms with Gasteiger partial charge in [-0.25, -0.2) is 4.79 Å². The molecular weight excluding hydrogens is 276 g/mol. The van der Waals surface area contributed by atoms with Crippen LogP contribution in [0.5, 0.6) is 0 Å². The van der Waals surface area contributed by atoms with E-state index >= 15 is 0 Å². The second kappa shape index (κ2) is 5.42. The lowest BCUT2D eigenvalue weighted by atomic mass is 10.3. The highest BCUT2D eigenvalue weighted by molar-refractivity contribution is 7.22. The summed E-state index contributed by atoms with van der Waals surface area (Å²) >= 11 is 3.21. The van der Waals surface area contributed by atoms with Gasteiger partial charge in [-0.1, -0.05) is 24.3 Å². The van der Waals surface area contributed by atoms with Crippen molar-refractivity contribution in [1.82, 2.24) is 5.32 Å². The lowest BCUT2D eigenvalue weighted by Crippen LogP contribution is -2.27. The monoisotopic (exact) mass is 288 g/mol. The summed E-state index contributed by atoms with van der Waals surface area (Å²) in [6, 6.07) is 13.9. The van der Waals surface area contributed by atoms with Gasteiger partial charge in [0.2, 0.25) is 0 Å². The number of carbonyl (C=O) groups excluding carboxylic acids is 1. The second-order valence-corrected chi connectivity index (χ2v) is 6.15. The third-order valence-corrected chi connectivity index (χ3v) is 4.57. The first kappa shape index (κ1) is 12.2. The summed E-state index contributed by atoms with van der Waals surface area (Å²) in [5, 5.41) is 9.73. The van der Waals surface area contributed by atoms with Crippen molar-refractivity contribution in [2.45, 2.75) is 6.54 Å². The van der Waals surface area contributed by atoms with E-state index in [0.717, 1.165) is 15.3 Å². The van der Waals surface area contributed by atoms with Crippen molar-refractivity contribution in [2.75, 3.05) is 5.32 Å².